The lowest BCUT2D eigenvalue weighted by Crippen LogP contribution is -2.45. The third-order valence-electron chi connectivity index (χ3n) is 3.76. The van der Waals surface area contributed by atoms with E-state index in [1.165, 1.54) is 0 Å². The van der Waals surface area contributed by atoms with Crippen LogP contribution in [0.1, 0.15) is 13.8 Å². The van der Waals surface area contributed by atoms with E-state index in [4.69, 9.17) is 5.73 Å². The van der Waals surface area contributed by atoms with Crippen molar-refractivity contribution in [2.45, 2.75) is 19.9 Å². The quantitative estimate of drug-likeness (QED) is 0.893. The van der Waals surface area contributed by atoms with Crippen LogP contribution in [0.4, 0.5) is 5.69 Å². The highest BCUT2D eigenvalue weighted by Gasteiger charge is 2.55. The Kier molecular flexibility index (Phi) is 3.57. The Hall–Kier alpha value is -2.97. The van der Waals surface area contributed by atoms with E-state index in [1.807, 2.05) is 62.4 Å². The fraction of sp³-hybridized carbons (Fsp3) is 0.312. The lowest BCUT2D eigenvalue weighted by Gasteiger charge is -2.34. The molecule has 0 radical (unpaired) electrons. The zero-order chi connectivity index (χ0) is 15.6. The Morgan fingerprint density at radius 1 is 1.14 bits per heavy atom. The number of nitriles is 3. The highest BCUT2D eigenvalue weighted by molar-refractivity contribution is 5.65. The van der Waals surface area contributed by atoms with Gasteiger partial charge < -0.3 is 10.6 Å². The Labute approximate surface area is 124 Å². The van der Waals surface area contributed by atoms with Crippen LogP contribution in [0.15, 0.2) is 41.7 Å². The molecule has 0 amide bonds. The van der Waals surface area contributed by atoms with Gasteiger partial charge in [-0.05, 0) is 18.1 Å². The molecule has 21 heavy (non-hydrogen) atoms. The van der Waals surface area contributed by atoms with Crippen LogP contribution in [0.2, 0.25) is 0 Å². The fourth-order valence-corrected chi connectivity index (χ4v) is 2.91. The van der Waals surface area contributed by atoms with Gasteiger partial charge in [-0.25, -0.2) is 0 Å². The minimum absolute atomic E-state index is 0.0334. The summed E-state index contributed by atoms with van der Waals surface area (Å²) >= 11 is 0. The monoisotopic (exact) mass is 277 g/mol. The van der Waals surface area contributed by atoms with Gasteiger partial charge in [-0.15, -0.1) is 0 Å². The number of hydrogen-bond acceptors (Lipinski definition) is 5. The number of nitrogens with zero attached hydrogens (tertiary/aromatic N) is 4. The van der Waals surface area contributed by atoms with E-state index in [2.05, 4.69) is 0 Å². The second kappa shape index (κ2) is 5.19. The Morgan fingerprint density at radius 2 is 1.71 bits per heavy atom. The lowest BCUT2D eigenvalue weighted by atomic mass is 9.74. The molecule has 104 valence electrons. The summed E-state index contributed by atoms with van der Waals surface area (Å²) in [6.45, 7) is 3.83. The van der Waals surface area contributed by atoms with Crippen molar-refractivity contribution < 1.29 is 0 Å². The largest absolute Gasteiger partial charge is 0.384 e. The molecule has 1 aromatic carbocycles. The van der Waals surface area contributed by atoms with Crippen LogP contribution >= 0.6 is 0 Å². The summed E-state index contributed by atoms with van der Waals surface area (Å²) < 4.78 is 0. The SMILES string of the molecule is CC(C)[C@H]1N(c2ccccc2)C(N)=C(C#N)C1(C#N)C#N. The minimum atomic E-state index is -1.54. The molecule has 0 saturated carbocycles. The summed E-state index contributed by atoms with van der Waals surface area (Å²) in [6.07, 6.45) is 0. The zero-order valence-electron chi connectivity index (χ0n) is 11.9. The summed E-state index contributed by atoms with van der Waals surface area (Å²) in [5.41, 5.74) is 5.37. The van der Waals surface area contributed by atoms with Crippen molar-refractivity contribution in [2.75, 3.05) is 4.90 Å². The Balaban J connectivity index is 2.73. The number of anilines is 1. The molecule has 5 nitrogen and oxygen atoms in total. The van der Waals surface area contributed by atoms with Crippen LogP contribution in [0.3, 0.4) is 0 Å². The number of benzene rings is 1. The smallest absolute Gasteiger partial charge is 0.202 e. The molecular weight excluding hydrogens is 262 g/mol. The van der Waals surface area contributed by atoms with Gasteiger partial charge in [0.25, 0.3) is 0 Å². The second-order valence-corrected chi connectivity index (χ2v) is 5.30. The Morgan fingerprint density at radius 3 is 2.14 bits per heavy atom. The van der Waals surface area contributed by atoms with E-state index in [0.29, 0.717) is 0 Å². The van der Waals surface area contributed by atoms with E-state index in [1.54, 1.807) is 4.90 Å². The van der Waals surface area contributed by atoms with Crippen molar-refractivity contribution in [1.29, 1.82) is 15.8 Å². The first-order valence-electron chi connectivity index (χ1n) is 6.60. The van der Waals surface area contributed by atoms with Gasteiger partial charge in [0.05, 0.1) is 18.2 Å². The summed E-state index contributed by atoms with van der Waals surface area (Å²) in [6, 6.07) is 14.8. The number of para-hydroxylation sites is 1. The van der Waals surface area contributed by atoms with Gasteiger partial charge in [0.15, 0.2) is 0 Å². The van der Waals surface area contributed by atoms with Crippen molar-refractivity contribution in [3.05, 3.63) is 41.7 Å². The third kappa shape index (κ3) is 1.90. The van der Waals surface area contributed by atoms with Crippen LogP contribution in [0.25, 0.3) is 0 Å². The molecule has 0 aromatic heterocycles. The van der Waals surface area contributed by atoms with E-state index >= 15 is 0 Å². The summed E-state index contributed by atoms with van der Waals surface area (Å²) in [7, 11) is 0. The van der Waals surface area contributed by atoms with Crippen molar-refractivity contribution >= 4 is 5.69 Å². The van der Waals surface area contributed by atoms with E-state index < -0.39 is 11.5 Å². The molecule has 1 atom stereocenters. The van der Waals surface area contributed by atoms with Crippen molar-refractivity contribution in [3.63, 3.8) is 0 Å². The predicted molar refractivity (Wildman–Crippen MR) is 78.0 cm³/mol. The molecule has 2 N–H and O–H groups in total. The third-order valence-corrected chi connectivity index (χ3v) is 3.76. The topological polar surface area (TPSA) is 101 Å². The normalized spacial score (nSPS) is 20.0. The van der Waals surface area contributed by atoms with Crippen LogP contribution < -0.4 is 10.6 Å². The molecule has 1 heterocycles. The molecule has 0 aliphatic carbocycles. The number of rotatable bonds is 2. The zero-order valence-corrected chi connectivity index (χ0v) is 11.9. The van der Waals surface area contributed by atoms with Gasteiger partial charge in [0.2, 0.25) is 5.41 Å². The average molecular weight is 277 g/mol. The van der Waals surface area contributed by atoms with Crippen LogP contribution in [0, 0.1) is 45.3 Å². The maximum atomic E-state index is 9.58. The molecule has 1 aliphatic heterocycles. The molecule has 0 bridgehead atoms. The summed E-state index contributed by atoms with van der Waals surface area (Å²) in [4.78, 5) is 1.73. The van der Waals surface area contributed by atoms with Gasteiger partial charge in [0.1, 0.15) is 17.5 Å². The second-order valence-electron chi connectivity index (χ2n) is 5.30. The molecule has 1 aliphatic rings. The first-order chi connectivity index (χ1) is 10.0. The molecule has 0 fully saturated rings. The van der Waals surface area contributed by atoms with Gasteiger partial charge in [0, 0.05) is 5.69 Å². The highest BCUT2D eigenvalue weighted by Crippen LogP contribution is 2.46. The first kappa shape index (κ1) is 14.4. The number of nitrogens with two attached hydrogens (primary N) is 1. The molecule has 5 heteroatoms. The molecule has 0 unspecified atom stereocenters. The molecule has 0 spiro atoms. The standard InChI is InChI=1S/C16H15N5/c1-11(2)14-16(9-18,10-19)13(8-17)15(20)21(14)12-6-4-3-5-7-12/h3-7,11,14H,20H2,1-2H3/t14-/m1/s1. The average Bonchev–Trinajstić information content (AvgIpc) is 2.76. The van der Waals surface area contributed by atoms with E-state index in [9.17, 15) is 15.8 Å². The maximum Gasteiger partial charge on any atom is 0.202 e. The number of hydrogen-bond donors (Lipinski definition) is 1. The molecule has 1 aromatic rings. The van der Waals surface area contributed by atoms with Crippen LogP contribution in [0.5, 0.6) is 0 Å². The van der Waals surface area contributed by atoms with Gasteiger partial charge in [-0.1, -0.05) is 32.0 Å². The van der Waals surface area contributed by atoms with Crippen LogP contribution in [-0.4, -0.2) is 6.04 Å². The minimum Gasteiger partial charge on any atom is -0.384 e. The Bertz CT molecular complexity index is 683. The maximum absolute atomic E-state index is 9.58. The van der Waals surface area contributed by atoms with Crippen molar-refractivity contribution in [1.82, 2.24) is 0 Å². The lowest BCUT2D eigenvalue weighted by molar-refractivity contribution is 0.389. The predicted octanol–water partition coefficient (Wildman–Crippen LogP) is 2.26. The van der Waals surface area contributed by atoms with Crippen molar-refractivity contribution in [2.24, 2.45) is 17.1 Å². The van der Waals surface area contributed by atoms with Gasteiger partial charge >= 0.3 is 0 Å². The molecule has 0 saturated heterocycles. The van der Waals surface area contributed by atoms with Crippen LogP contribution in [-0.2, 0) is 0 Å². The van der Waals surface area contributed by atoms with E-state index in [0.717, 1.165) is 5.69 Å². The van der Waals surface area contributed by atoms with E-state index in [-0.39, 0.29) is 17.3 Å². The molecular formula is C16H15N5. The van der Waals surface area contributed by atoms with Crippen molar-refractivity contribution in [3.8, 4) is 18.2 Å². The van der Waals surface area contributed by atoms with Gasteiger partial charge in [-0.2, -0.15) is 15.8 Å². The summed E-state index contributed by atoms with van der Waals surface area (Å²) in [5, 5.41) is 28.5. The molecule has 2 rings (SSSR count). The fourth-order valence-electron chi connectivity index (χ4n) is 2.91. The summed E-state index contributed by atoms with van der Waals surface area (Å²) in [5.74, 6) is 0.152. The van der Waals surface area contributed by atoms with Gasteiger partial charge in [-0.3, -0.25) is 0 Å². The highest BCUT2D eigenvalue weighted by atomic mass is 15.3. The first-order valence-corrected chi connectivity index (χ1v) is 6.60.